The molecule has 1 amide bonds. The third-order valence-electron chi connectivity index (χ3n) is 3.15. The third kappa shape index (κ3) is 4.34. The number of ether oxygens (including phenoxy) is 1. The zero-order valence-corrected chi connectivity index (χ0v) is 15.6. The van der Waals surface area contributed by atoms with E-state index < -0.39 is 15.9 Å². The van der Waals surface area contributed by atoms with E-state index >= 15 is 0 Å². The van der Waals surface area contributed by atoms with Gasteiger partial charge in [0.1, 0.15) is 10.6 Å². The Morgan fingerprint density at radius 3 is 2.42 bits per heavy atom. The fourth-order valence-corrected chi connectivity index (χ4v) is 3.53. The van der Waals surface area contributed by atoms with Crippen molar-refractivity contribution in [2.45, 2.75) is 11.8 Å². The summed E-state index contributed by atoms with van der Waals surface area (Å²) in [6.07, 6.45) is 0. The zero-order valence-electron chi connectivity index (χ0n) is 13.2. The molecule has 0 heterocycles. The number of benzene rings is 2. The van der Waals surface area contributed by atoms with Gasteiger partial charge in [0.25, 0.3) is 5.91 Å². The Hall–Kier alpha value is -1.90. The average Bonchev–Trinajstić information content (AvgIpc) is 2.56. The predicted octanol–water partition coefficient (Wildman–Crippen LogP) is 3.01. The zero-order chi connectivity index (χ0) is 17.7. The standard InChI is InChI=1S/C16H17BrN2O4S/c1-3-18-24(21,22)15-10-11(4-9-14(15)23-2)16(20)19-13-7-5-12(17)6-8-13/h4-10,18H,3H2,1-2H3,(H,19,20). The number of sulfonamides is 1. The van der Waals surface area contributed by atoms with Gasteiger partial charge in [0.05, 0.1) is 7.11 Å². The Morgan fingerprint density at radius 2 is 1.83 bits per heavy atom. The number of carbonyl (C=O) groups is 1. The monoisotopic (exact) mass is 412 g/mol. The minimum Gasteiger partial charge on any atom is -0.495 e. The molecule has 0 saturated carbocycles. The van der Waals surface area contributed by atoms with Gasteiger partial charge < -0.3 is 10.1 Å². The van der Waals surface area contributed by atoms with Crippen molar-refractivity contribution in [1.29, 1.82) is 0 Å². The van der Waals surface area contributed by atoms with Crippen molar-refractivity contribution in [2.75, 3.05) is 19.0 Å². The first-order valence-electron chi connectivity index (χ1n) is 7.12. The van der Waals surface area contributed by atoms with Crippen molar-refractivity contribution in [2.24, 2.45) is 0 Å². The molecule has 0 radical (unpaired) electrons. The number of amides is 1. The van der Waals surface area contributed by atoms with Crippen molar-refractivity contribution >= 4 is 37.5 Å². The summed E-state index contributed by atoms with van der Waals surface area (Å²) >= 11 is 3.32. The second-order valence-electron chi connectivity index (χ2n) is 4.83. The van der Waals surface area contributed by atoms with E-state index in [0.717, 1.165) is 4.47 Å². The van der Waals surface area contributed by atoms with Gasteiger partial charge in [-0.15, -0.1) is 0 Å². The molecule has 0 atom stereocenters. The Morgan fingerprint density at radius 1 is 1.17 bits per heavy atom. The van der Waals surface area contributed by atoms with Crippen LogP contribution in [0.15, 0.2) is 51.8 Å². The summed E-state index contributed by atoms with van der Waals surface area (Å²) in [5.41, 5.74) is 0.824. The van der Waals surface area contributed by atoms with Gasteiger partial charge in [0.15, 0.2) is 0 Å². The molecule has 2 rings (SSSR count). The molecule has 0 aromatic heterocycles. The molecule has 2 aromatic rings. The highest BCUT2D eigenvalue weighted by atomic mass is 79.9. The van der Waals surface area contributed by atoms with Crippen molar-refractivity contribution in [3.8, 4) is 5.75 Å². The summed E-state index contributed by atoms with van der Waals surface area (Å²) in [7, 11) is -2.37. The number of hydrogen-bond acceptors (Lipinski definition) is 4. The second kappa shape index (κ2) is 7.78. The third-order valence-corrected chi connectivity index (χ3v) is 5.25. The fourth-order valence-electron chi connectivity index (χ4n) is 2.03. The molecule has 0 aliphatic heterocycles. The van der Waals surface area contributed by atoms with Crippen molar-refractivity contribution < 1.29 is 17.9 Å². The first-order chi connectivity index (χ1) is 11.4. The Labute approximate surface area is 149 Å². The normalized spacial score (nSPS) is 11.1. The van der Waals surface area contributed by atoms with E-state index in [1.165, 1.54) is 25.3 Å². The maximum absolute atomic E-state index is 12.4. The number of anilines is 1. The topological polar surface area (TPSA) is 84.5 Å². The van der Waals surface area contributed by atoms with Crippen LogP contribution in [0.1, 0.15) is 17.3 Å². The minimum atomic E-state index is -3.75. The highest BCUT2D eigenvalue weighted by Gasteiger charge is 2.21. The first kappa shape index (κ1) is 18.4. The molecule has 2 aromatic carbocycles. The van der Waals surface area contributed by atoms with Crippen LogP contribution in [0.3, 0.4) is 0 Å². The largest absolute Gasteiger partial charge is 0.495 e. The van der Waals surface area contributed by atoms with E-state index in [0.29, 0.717) is 5.69 Å². The molecule has 2 N–H and O–H groups in total. The van der Waals surface area contributed by atoms with E-state index in [9.17, 15) is 13.2 Å². The lowest BCUT2D eigenvalue weighted by Crippen LogP contribution is -2.24. The number of rotatable bonds is 6. The summed E-state index contributed by atoms with van der Waals surface area (Å²) in [6.45, 7) is 1.91. The number of halogens is 1. The quantitative estimate of drug-likeness (QED) is 0.763. The molecular formula is C16H17BrN2O4S. The van der Waals surface area contributed by atoms with Crippen LogP contribution in [0.4, 0.5) is 5.69 Å². The predicted molar refractivity (Wildman–Crippen MR) is 96.0 cm³/mol. The van der Waals surface area contributed by atoms with Crippen LogP contribution in [0.5, 0.6) is 5.75 Å². The molecule has 8 heteroatoms. The second-order valence-corrected chi connectivity index (χ2v) is 7.48. The van der Waals surface area contributed by atoms with Gasteiger partial charge in [-0.05, 0) is 42.5 Å². The Kier molecular flexibility index (Phi) is 5.98. The van der Waals surface area contributed by atoms with Gasteiger partial charge in [-0.25, -0.2) is 13.1 Å². The lowest BCUT2D eigenvalue weighted by molar-refractivity contribution is 0.102. The summed E-state index contributed by atoms with van der Waals surface area (Å²) in [6, 6.07) is 11.3. The highest BCUT2D eigenvalue weighted by Crippen LogP contribution is 2.25. The fraction of sp³-hybridized carbons (Fsp3) is 0.188. The van der Waals surface area contributed by atoms with Gasteiger partial charge in [0, 0.05) is 22.3 Å². The lowest BCUT2D eigenvalue weighted by atomic mass is 10.2. The van der Waals surface area contributed by atoms with Crippen LogP contribution >= 0.6 is 15.9 Å². The number of hydrogen-bond donors (Lipinski definition) is 2. The highest BCUT2D eigenvalue weighted by molar-refractivity contribution is 9.10. The van der Waals surface area contributed by atoms with E-state index in [2.05, 4.69) is 26.0 Å². The molecule has 0 fully saturated rings. The van der Waals surface area contributed by atoms with E-state index in [1.54, 1.807) is 31.2 Å². The first-order valence-corrected chi connectivity index (χ1v) is 9.39. The van der Waals surface area contributed by atoms with Crippen LogP contribution in [0.2, 0.25) is 0 Å². The molecule has 24 heavy (non-hydrogen) atoms. The summed E-state index contributed by atoms with van der Waals surface area (Å²) < 4.78 is 32.9. The number of methoxy groups -OCH3 is 1. The molecule has 6 nitrogen and oxygen atoms in total. The maximum atomic E-state index is 12.4. The molecule has 128 valence electrons. The van der Waals surface area contributed by atoms with E-state index in [4.69, 9.17) is 4.74 Å². The summed E-state index contributed by atoms with van der Waals surface area (Å²) in [5.74, 6) is -0.232. The molecule has 0 aliphatic rings. The van der Waals surface area contributed by atoms with Crippen LogP contribution in [-0.2, 0) is 10.0 Å². The van der Waals surface area contributed by atoms with E-state index in [-0.39, 0.29) is 22.8 Å². The van der Waals surface area contributed by atoms with Crippen molar-refractivity contribution in [1.82, 2.24) is 4.72 Å². The average molecular weight is 413 g/mol. The van der Waals surface area contributed by atoms with Gasteiger partial charge >= 0.3 is 0 Å². The Balaban J connectivity index is 2.34. The van der Waals surface area contributed by atoms with E-state index in [1.807, 2.05) is 0 Å². The lowest BCUT2D eigenvalue weighted by Gasteiger charge is -2.12. The molecule has 0 bridgehead atoms. The van der Waals surface area contributed by atoms with Gasteiger partial charge in [-0.1, -0.05) is 22.9 Å². The molecule has 0 spiro atoms. The smallest absolute Gasteiger partial charge is 0.255 e. The minimum absolute atomic E-state index is 0.0738. The van der Waals surface area contributed by atoms with Crippen LogP contribution < -0.4 is 14.8 Å². The Bertz CT molecular complexity index is 836. The van der Waals surface area contributed by atoms with Crippen molar-refractivity contribution in [3.05, 3.63) is 52.5 Å². The van der Waals surface area contributed by atoms with Crippen LogP contribution in [0, 0.1) is 0 Å². The molecule has 0 saturated heterocycles. The van der Waals surface area contributed by atoms with Crippen molar-refractivity contribution in [3.63, 3.8) is 0 Å². The summed E-state index contributed by atoms with van der Waals surface area (Å²) in [5, 5.41) is 2.72. The van der Waals surface area contributed by atoms with Gasteiger partial charge in [-0.2, -0.15) is 0 Å². The molecular weight excluding hydrogens is 396 g/mol. The van der Waals surface area contributed by atoms with Gasteiger partial charge in [0.2, 0.25) is 10.0 Å². The molecule has 0 aliphatic carbocycles. The maximum Gasteiger partial charge on any atom is 0.255 e. The van der Waals surface area contributed by atoms with Crippen LogP contribution in [0.25, 0.3) is 0 Å². The number of nitrogens with one attached hydrogen (secondary N) is 2. The van der Waals surface area contributed by atoms with Gasteiger partial charge in [-0.3, -0.25) is 4.79 Å². The number of carbonyl (C=O) groups excluding carboxylic acids is 1. The van der Waals surface area contributed by atoms with Crippen LogP contribution in [-0.4, -0.2) is 28.0 Å². The SMILES string of the molecule is CCNS(=O)(=O)c1cc(C(=O)Nc2ccc(Br)cc2)ccc1OC. The summed E-state index contributed by atoms with van der Waals surface area (Å²) in [4.78, 5) is 12.3. The molecule has 0 unspecified atom stereocenters.